The Kier molecular flexibility index (Phi) is 2.90. The molecule has 1 aromatic carbocycles. The standard InChI is InChI=1S/C15H18N2O/c1-10(11-7-8-11)16-17-15(18)14-9-13(14)12-5-3-2-4-6-12/h2-6,11,13-14H,7-9H2,1H3,(H,17,18)/t13-,14+/m1/s1. The first-order chi connectivity index (χ1) is 8.75. The van der Waals surface area contributed by atoms with Crippen molar-refractivity contribution >= 4 is 11.6 Å². The zero-order chi connectivity index (χ0) is 12.5. The molecule has 3 rings (SSSR count). The monoisotopic (exact) mass is 242 g/mol. The highest BCUT2D eigenvalue weighted by molar-refractivity contribution is 5.89. The van der Waals surface area contributed by atoms with Crippen molar-refractivity contribution in [2.75, 3.05) is 0 Å². The maximum absolute atomic E-state index is 11.9. The van der Waals surface area contributed by atoms with Crippen molar-refractivity contribution in [2.45, 2.75) is 32.1 Å². The topological polar surface area (TPSA) is 41.5 Å². The van der Waals surface area contributed by atoms with E-state index in [4.69, 9.17) is 0 Å². The van der Waals surface area contributed by atoms with Gasteiger partial charge in [-0.1, -0.05) is 30.3 Å². The Bertz CT molecular complexity index is 477. The van der Waals surface area contributed by atoms with E-state index in [1.807, 2.05) is 25.1 Å². The van der Waals surface area contributed by atoms with Crippen LogP contribution in [-0.4, -0.2) is 11.6 Å². The lowest BCUT2D eigenvalue weighted by Crippen LogP contribution is -2.21. The summed E-state index contributed by atoms with van der Waals surface area (Å²) < 4.78 is 0. The molecule has 2 fully saturated rings. The van der Waals surface area contributed by atoms with Crippen molar-refractivity contribution in [3.63, 3.8) is 0 Å². The number of amides is 1. The molecule has 0 aliphatic heterocycles. The third-order valence-corrected chi connectivity index (χ3v) is 3.87. The van der Waals surface area contributed by atoms with E-state index in [0.29, 0.717) is 11.8 Å². The summed E-state index contributed by atoms with van der Waals surface area (Å²) in [5, 5.41) is 4.19. The lowest BCUT2D eigenvalue weighted by molar-refractivity contribution is -0.122. The van der Waals surface area contributed by atoms with Gasteiger partial charge in [0.1, 0.15) is 0 Å². The summed E-state index contributed by atoms with van der Waals surface area (Å²) in [4.78, 5) is 11.9. The average Bonchev–Trinajstić information content (AvgIpc) is 3.29. The van der Waals surface area contributed by atoms with E-state index in [9.17, 15) is 4.79 Å². The van der Waals surface area contributed by atoms with E-state index in [1.54, 1.807) is 0 Å². The van der Waals surface area contributed by atoms with Gasteiger partial charge >= 0.3 is 0 Å². The lowest BCUT2D eigenvalue weighted by Gasteiger charge is -2.01. The van der Waals surface area contributed by atoms with Crippen molar-refractivity contribution < 1.29 is 4.79 Å². The quantitative estimate of drug-likeness (QED) is 0.640. The zero-order valence-electron chi connectivity index (χ0n) is 10.6. The first-order valence-electron chi connectivity index (χ1n) is 6.64. The molecule has 3 nitrogen and oxygen atoms in total. The third-order valence-electron chi connectivity index (χ3n) is 3.87. The van der Waals surface area contributed by atoms with E-state index in [0.717, 1.165) is 12.1 Å². The molecule has 0 radical (unpaired) electrons. The molecule has 2 saturated carbocycles. The third kappa shape index (κ3) is 2.45. The Morgan fingerprint density at radius 3 is 2.67 bits per heavy atom. The Labute approximate surface area is 107 Å². The van der Waals surface area contributed by atoms with Gasteiger partial charge in [0.15, 0.2) is 0 Å². The maximum atomic E-state index is 11.9. The second-order valence-corrected chi connectivity index (χ2v) is 5.36. The van der Waals surface area contributed by atoms with Crippen LogP contribution in [0.15, 0.2) is 35.4 Å². The molecule has 1 aromatic rings. The first kappa shape index (κ1) is 11.5. The van der Waals surface area contributed by atoms with Gasteiger partial charge in [0.05, 0.1) is 0 Å². The summed E-state index contributed by atoms with van der Waals surface area (Å²) in [5.74, 6) is 1.20. The molecular formula is C15H18N2O. The van der Waals surface area contributed by atoms with Crippen molar-refractivity contribution in [3.8, 4) is 0 Å². The largest absolute Gasteiger partial charge is 0.273 e. The number of hydrogen-bond acceptors (Lipinski definition) is 2. The van der Waals surface area contributed by atoms with E-state index in [1.165, 1.54) is 18.4 Å². The van der Waals surface area contributed by atoms with Crippen LogP contribution in [0.25, 0.3) is 0 Å². The van der Waals surface area contributed by atoms with Gasteiger partial charge in [-0.3, -0.25) is 4.79 Å². The number of hydrogen-bond donors (Lipinski definition) is 1. The molecule has 1 N–H and O–H groups in total. The Morgan fingerprint density at radius 2 is 2.00 bits per heavy atom. The maximum Gasteiger partial charge on any atom is 0.243 e. The number of carbonyl (C=O) groups is 1. The smallest absolute Gasteiger partial charge is 0.243 e. The van der Waals surface area contributed by atoms with Crippen molar-refractivity contribution in [1.29, 1.82) is 0 Å². The fraction of sp³-hybridized carbons (Fsp3) is 0.467. The van der Waals surface area contributed by atoms with Crippen LogP contribution in [0.4, 0.5) is 0 Å². The van der Waals surface area contributed by atoms with Gasteiger partial charge in [-0.2, -0.15) is 5.10 Å². The molecule has 0 spiro atoms. The Morgan fingerprint density at radius 1 is 1.28 bits per heavy atom. The van der Waals surface area contributed by atoms with Crippen molar-refractivity contribution in [2.24, 2.45) is 16.9 Å². The zero-order valence-corrected chi connectivity index (χ0v) is 10.6. The van der Waals surface area contributed by atoms with Crippen LogP contribution in [0.2, 0.25) is 0 Å². The van der Waals surface area contributed by atoms with E-state index < -0.39 is 0 Å². The lowest BCUT2D eigenvalue weighted by atomic mass is 10.1. The van der Waals surface area contributed by atoms with Gasteiger partial charge in [0.2, 0.25) is 5.91 Å². The van der Waals surface area contributed by atoms with Gasteiger partial charge < -0.3 is 0 Å². The second kappa shape index (κ2) is 4.56. The van der Waals surface area contributed by atoms with Crippen molar-refractivity contribution in [3.05, 3.63) is 35.9 Å². The molecule has 3 heteroatoms. The predicted octanol–water partition coefficient (Wildman–Crippen LogP) is 2.69. The normalized spacial score (nSPS) is 26.8. The molecule has 0 aromatic heterocycles. The highest BCUT2D eigenvalue weighted by atomic mass is 16.2. The number of carbonyl (C=O) groups excluding carboxylic acids is 1. The van der Waals surface area contributed by atoms with Gasteiger partial charge in [-0.15, -0.1) is 0 Å². The fourth-order valence-electron chi connectivity index (χ4n) is 2.37. The van der Waals surface area contributed by atoms with Crippen molar-refractivity contribution in [1.82, 2.24) is 5.43 Å². The molecule has 18 heavy (non-hydrogen) atoms. The van der Waals surface area contributed by atoms with Crippen LogP contribution >= 0.6 is 0 Å². The molecule has 1 amide bonds. The average molecular weight is 242 g/mol. The molecule has 0 saturated heterocycles. The minimum atomic E-state index is 0.0730. The summed E-state index contributed by atoms with van der Waals surface area (Å²) in [6.45, 7) is 2.00. The molecule has 2 atom stereocenters. The van der Waals surface area contributed by atoms with Crippen LogP contribution in [0.5, 0.6) is 0 Å². The highest BCUT2D eigenvalue weighted by Crippen LogP contribution is 2.47. The molecular weight excluding hydrogens is 224 g/mol. The number of benzene rings is 1. The molecule has 0 unspecified atom stereocenters. The first-order valence-corrected chi connectivity index (χ1v) is 6.64. The molecule has 0 bridgehead atoms. The van der Waals surface area contributed by atoms with Gasteiger partial charge in [0.25, 0.3) is 0 Å². The van der Waals surface area contributed by atoms with E-state index in [2.05, 4.69) is 22.7 Å². The summed E-state index contributed by atoms with van der Waals surface area (Å²) in [6.07, 6.45) is 3.40. The molecule has 2 aliphatic carbocycles. The van der Waals surface area contributed by atoms with Crippen LogP contribution < -0.4 is 5.43 Å². The van der Waals surface area contributed by atoms with Crippen LogP contribution in [0.3, 0.4) is 0 Å². The Hall–Kier alpha value is -1.64. The summed E-state index contributed by atoms with van der Waals surface area (Å²) in [5.41, 5.74) is 5.05. The highest BCUT2D eigenvalue weighted by Gasteiger charge is 2.43. The second-order valence-electron chi connectivity index (χ2n) is 5.36. The molecule has 2 aliphatic rings. The molecule has 94 valence electrons. The predicted molar refractivity (Wildman–Crippen MR) is 71.3 cm³/mol. The molecule has 0 heterocycles. The van der Waals surface area contributed by atoms with Gasteiger partial charge in [0, 0.05) is 11.6 Å². The van der Waals surface area contributed by atoms with Crippen LogP contribution in [0.1, 0.15) is 37.7 Å². The number of nitrogens with one attached hydrogen (secondary N) is 1. The minimum Gasteiger partial charge on any atom is -0.273 e. The minimum absolute atomic E-state index is 0.0730. The SMILES string of the molecule is CC(=NNC(=O)[C@H]1C[C@@H]1c1ccccc1)C1CC1. The van der Waals surface area contributed by atoms with Gasteiger partial charge in [-0.25, -0.2) is 5.43 Å². The summed E-state index contributed by atoms with van der Waals surface area (Å²) in [6, 6.07) is 10.2. The number of hydrazone groups is 1. The van der Waals surface area contributed by atoms with Crippen LogP contribution in [-0.2, 0) is 4.79 Å². The van der Waals surface area contributed by atoms with Crippen LogP contribution in [0, 0.1) is 11.8 Å². The number of rotatable bonds is 4. The summed E-state index contributed by atoms with van der Waals surface area (Å²) >= 11 is 0. The number of nitrogens with zero attached hydrogens (tertiary/aromatic N) is 1. The Balaban J connectivity index is 1.54. The fourth-order valence-corrected chi connectivity index (χ4v) is 2.37. The van der Waals surface area contributed by atoms with E-state index >= 15 is 0 Å². The summed E-state index contributed by atoms with van der Waals surface area (Å²) in [7, 11) is 0. The van der Waals surface area contributed by atoms with E-state index in [-0.39, 0.29) is 11.8 Å². The van der Waals surface area contributed by atoms with Gasteiger partial charge in [-0.05, 0) is 43.6 Å².